The van der Waals surface area contributed by atoms with Crippen LogP contribution in [-0.4, -0.2) is 29.6 Å². The van der Waals surface area contributed by atoms with Gasteiger partial charge in [-0.3, -0.25) is 14.3 Å². The van der Waals surface area contributed by atoms with Gasteiger partial charge in [-0.2, -0.15) is 8.42 Å². The number of hydrogen-bond acceptors (Lipinski definition) is 5. The van der Waals surface area contributed by atoms with E-state index in [4.69, 9.17) is 4.55 Å². The molecule has 0 radical (unpaired) electrons. The molecule has 2 N–H and O–H groups in total. The standard InChI is InChI=1S/C10H10N2OS.C7H8O3S/c1-7-10(14-6-9(13)12-7)8-2-4-11-5-3-8;1-6-2-4-7(5-3-6)11(8,9)10/h2-5H,6H2,1H3,(H,12,13);2-5H,1H3,(H,8,9,10). The topological polar surface area (TPSA) is 96.4 Å². The minimum absolute atomic E-state index is 0.0666. The van der Waals surface area contributed by atoms with Crippen LogP contribution in [0.25, 0.3) is 4.91 Å². The van der Waals surface area contributed by atoms with E-state index in [1.54, 1.807) is 36.3 Å². The quantitative estimate of drug-likeness (QED) is 0.780. The summed E-state index contributed by atoms with van der Waals surface area (Å²) in [7, 11) is -4.02. The summed E-state index contributed by atoms with van der Waals surface area (Å²) < 4.78 is 29.6. The molecule has 1 aromatic heterocycles. The lowest BCUT2D eigenvalue weighted by Crippen LogP contribution is -2.27. The molecule has 1 amide bonds. The van der Waals surface area contributed by atoms with Gasteiger partial charge in [0.05, 0.1) is 10.6 Å². The molecule has 2 heterocycles. The molecule has 0 saturated carbocycles. The molecular weight excluding hydrogens is 360 g/mol. The monoisotopic (exact) mass is 378 g/mol. The van der Waals surface area contributed by atoms with E-state index >= 15 is 0 Å². The third kappa shape index (κ3) is 5.70. The summed E-state index contributed by atoms with van der Waals surface area (Å²) in [6.07, 6.45) is 3.51. The number of aromatic nitrogens is 1. The van der Waals surface area contributed by atoms with Crippen molar-refractivity contribution < 1.29 is 17.8 Å². The second-order valence-corrected chi connectivity index (χ2v) is 7.72. The molecule has 0 bridgehead atoms. The average molecular weight is 378 g/mol. The third-order valence-corrected chi connectivity index (χ3v) is 5.38. The molecule has 0 saturated heterocycles. The SMILES string of the molecule is CC1=C(c2ccncc2)SCC(=O)N1.Cc1ccc(S(=O)(=O)O)cc1. The van der Waals surface area contributed by atoms with Crippen molar-refractivity contribution in [2.75, 3.05) is 5.75 Å². The Bertz CT molecular complexity index is 877. The fourth-order valence-corrected chi connectivity index (χ4v) is 3.46. The maximum absolute atomic E-state index is 11.1. The molecule has 2 aromatic rings. The minimum Gasteiger partial charge on any atom is -0.328 e. The highest BCUT2D eigenvalue weighted by Gasteiger charge is 2.16. The molecule has 132 valence electrons. The van der Waals surface area contributed by atoms with Gasteiger partial charge >= 0.3 is 0 Å². The van der Waals surface area contributed by atoms with E-state index in [9.17, 15) is 13.2 Å². The number of hydrogen-bond donors (Lipinski definition) is 2. The lowest BCUT2D eigenvalue weighted by atomic mass is 10.2. The molecule has 1 aliphatic heterocycles. The summed E-state index contributed by atoms with van der Waals surface area (Å²) in [4.78, 5) is 16.1. The molecule has 0 aliphatic carbocycles. The molecule has 0 unspecified atom stereocenters. The van der Waals surface area contributed by atoms with Crippen LogP contribution in [0.2, 0.25) is 0 Å². The van der Waals surface area contributed by atoms with Gasteiger partial charge in [-0.1, -0.05) is 17.7 Å². The van der Waals surface area contributed by atoms with E-state index < -0.39 is 10.1 Å². The highest BCUT2D eigenvalue weighted by atomic mass is 32.2. The van der Waals surface area contributed by atoms with Gasteiger partial charge in [0.25, 0.3) is 10.1 Å². The van der Waals surface area contributed by atoms with Crippen molar-refractivity contribution in [3.05, 3.63) is 65.6 Å². The number of carbonyl (C=O) groups excluding carboxylic acids is 1. The van der Waals surface area contributed by atoms with Gasteiger partial charge in [0.1, 0.15) is 0 Å². The normalized spacial score (nSPS) is 14.4. The van der Waals surface area contributed by atoms with Gasteiger partial charge in [0.2, 0.25) is 5.91 Å². The maximum Gasteiger partial charge on any atom is 0.294 e. The van der Waals surface area contributed by atoms with Crippen molar-refractivity contribution in [2.45, 2.75) is 18.7 Å². The lowest BCUT2D eigenvalue weighted by molar-refractivity contribution is -0.117. The Morgan fingerprint density at radius 1 is 1.08 bits per heavy atom. The first-order valence-electron chi connectivity index (χ1n) is 7.35. The van der Waals surface area contributed by atoms with Gasteiger partial charge in [-0.05, 0) is 43.7 Å². The van der Waals surface area contributed by atoms with E-state index in [1.807, 2.05) is 26.0 Å². The Morgan fingerprint density at radius 3 is 2.20 bits per heavy atom. The highest BCUT2D eigenvalue weighted by molar-refractivity contribution is 8.09. The molecule has 0 fully saturated rings. The minimum atomic E-state index is -4.02. The number of pyridine rings is 1. The van der Waals surface area contributed by atoms with Crippen LogP contribution >= 0.6 is 11.8 Å². The molecule has 25 heavy (non-hydrogen) atoms. The zero-order chi connectivity index (χ0) is 18.4. The first-order chi connectivity index (χ1) is 11.8. The molecule has 1 aliphatic rings. The molecule has 8 heteroatoms. The Morgan fingerprint density at radius 2 is 1.68 bits per heavy atom. The summed E-state index contributed by atoms with van der Waals surface area (Å²) >= 11 is 1.57. The first kappa shape index (κ1) is 19.2. The van der Waals surface area contributed by atoms with Crippen molar-refractivity contribution in [1.82, 2.24) is 10.3 Å². The van der Waals surface area contributed by atoms with Crippen LogP contribution in [0.1, 0.15) is 18.1 Å². The Kier molecular flexibility index (Phi) is 6.35. The third-order valence-electron chi connectivity index (χ3n) is 3.28. The van der Waals surface area contributed by atoms with Gasteiger partial charge in [-0.25, -0.2) is 0 Å². The summed E-state index contributed by atoms with van der Waals surface area (Å²) in [6.45, 7) is 3.76. The predicted molar refractivity (Wildman–Crippen MR) is 98.4 cm³/mol. The first-order valence-corrected chi connectivity index (χ1v) is 9.78. The largest absolute Gasteiger partial charge is 0.328 e. The molecule has 1 aromatic carbocycles. The van der Waals surface area contributed by atoms with Crippen molar-refractivity contribution in [3.63, 3.8) is 0 Å². The van der Waals surface area contributed by atoms with Gasteiger partial charge in [0, 0.05) is 23.0 Å². The van der Waals surface area contributed by atoms with Gasteiger partial charge in [-0.15, -0.1) is 11.8 Å². The number of benzene rings is 1. The number of nitrogens with one attached hydrogen (secondary N) is 1. The van der Waals surface area contributed by atoms with E-state index in [-0.39, 0.29) is 10.8 Å². The van der Waals surface area contributed by atoms with Crippen molar-refractivity contribution in [1.29, 1.82) is 0 Å². The van der Waals surface area contributed by atoms with E-state index in [2.05, 4.69) is 10.3 Å². The summed E-state index contributed by atoms with van der Waals surface area (Å²) in [6, 6.07) is 9.88. The van der Waals surface area contributed by atoms with Crippen molar-refractivity contribution >= 4 is 32.7 Å². The smallest absolute Gasteiger partial charge is 0.294 e. The second-order valence-electron chi connectivity index (χ2n) is 5.31. The van der Waals surface area contributed by atoms with Crippen LogP contribution in [0, 0.1) is 6.92 Å². The zero-order valence-electron chi connectivity index (χ0n) is 13.8. The van der Waals surface area contributed by atoms with E-state index in [0.29, 0.717) is 5.75 Å². The Hall–Kier alpha value is -2.16. The number of allylic oxidation sites excluding steroid dienone is 1. The predicted octanol–water partition coefficient (Wildman–Crippen LogP) is 2.87. The molecule has 6 nitrogen and oxygen atoms in total. The van der Waals surface area contributed by atoms with Crippen LogP contribution in [0.3, 0.4) is 0 Å². The van der Waals surface area contributed by atoms with E-state index in [0.717, 1.165) is 21.7 Å². The zero-order valence-corrected chi connectivity index (χ0v) is 15.4. The Balaban J connectivity index is 0.000000186. The summed E-state index contributed by atoms with van der Waals surface area (Å²) in [5.41, 5.74) is 3.00. The number of rotatable bonds is 2. The number of carbonyl (C=O) groups is 1. The number of nitrogens with zero attached hydrogens (tertiary/aromatic N) is 1. The molecule has 0 atom stereocenters. The van der Waals surface area contributed by atoms with Crippen LogP contribution in [-0.2, 0) is 14.9 Å². The fourth-order valence-electron chi connectivity index (χ4n) is 2.06. The molecule has 0 spiro atoms. The number of amides is 1. The van der Waals surface area contributed by atoms with Gasteiger partial charge < -0.3 is 5.32 Å². The van der Waals surface area contributed by atoms with Gasteiger partial charge in [0.15, 0.2) is 0 Å². The Labute approximate surface area is 151 Å². The van der Waals surface area contributed by atoms with Crippen LogP contribution in [0.4, 0.5) is 0 Å². The lowest BCUT2D eigenvalue weighted by Gasteiger charge is -2.17. The second kappa shape index (κ2) is 8.28. The van der Waals surface area contributed by atoms with Crippen LogP contribution in [0.15, 0.2) is 59.4 Å². The number of thioether (sulfide) groups is 1. The summed E-state index contributed by atoms with van der Waals surface area (Å²) in [5.74, 6) is 0.569. The number of aryl methyl sites for hydroxylation is 1. The average Bonchev–Trinajstić information content (AvgIpc) is 2.56. The molecule has 3 rings (SSSR count). The molecular formula is C17H18N2O4S2. The fraction of sp³-hybridized carbons (Fsp3) is 0.176. The van der Waals surface area contributed by atoms with Crippen molar-refractivity contribution in [3.8, 4) is 0 Å². The summed E-state index contributed by atoms with van der Waals surface area (Å²) in [5, 5.41) is 2.83. The van der Waals surface area contributed by atoms with Crippen LogP contribution < -0.4 is 5.32 Å². The van der Waals surface area contributed by atoms with E-state index in [1.165, 1.54) is 12.1 Å². The highest BCUT2D eigenvalue weighted by Crippen LogP contribution is 2.31. The maximum atomic E-state index is 11.1. The van der Waals surface area contributed by atoms with Crippen LogP contribution in [0.5, 0.6) is 0 Å². The van der Waals surface area contributed by atoms with Crippen molar-refractivity contribution in [2.24, 2.45) is 0 Å².